The highest BCUT2D eigenvalue weighted by Crippen LogP contribution is 2.20. The minimum absolute atomic E-state index is 0.0982. The quantitative estimate of drug-likeness (QED) is 0.759. The molecule has 1 atom stereocenters. The zero-order chi connectivity index (χ0) is 13.1. The van der Waals surface area contributed by atoms with Gasteiger partial charge in [0.2, 0.25) is 0 Å². The van der Waals surface area contributed by atoms with Crippen LogP contribution < -0.4 is 0 Å². The maximum Gasteiger partial charge on any atom is 0.323 e. The molecule has 1 aromatic heterocycles. The highest BCUT2D eigenvalue weighted by molar-refractivity contribution is 5.75. The van der Waals surface area contributed by atoms with Crippen LogP contribution in [0, 0.1) is 6.92 Å². The fourth-order valence-electron chi connectivity index (χ4n) is 2.60. The third kappa shape index (κ3) is 2.72. The molecule has 1 saturated heterocycles. The molecule has 5 heteroatoms. The smallest absolute Gasteiger partial charge is 0.323 e. The number of likely N-dealkylation sites (tertiary alicyclic amines) is 1. The van der Waals surface area contributed by atoms with Crippen molar-refractivity contribution in [1.29, 1.82) is 0 Å². The number of ether oxygens (including phenoxy) is 1. The summed E-state index contributed by atoms with van der Waals surface area (Å²) in [7, 11) is 3.41. The number of methoxy groups -OCH3 is 1. The maximum absolute atomic E-state index is 11.8. The molecule has 2 rings (SSSR count). The number of aromatic nitrogens is 2. The van der Waals surface area contributed by atoms with Gasteiger partial charge in [0, 0.05) is 13.6 Å². The van der Waals surface area contributed by atoms with E-state index >= 15 is 0 Å². The van der Waals surface area contributed by atoms with Crippen LogP contribution in [0.3, 0.4) is 0 Å². The van der Waals surface area contributed by atoms with E-state index in [0.29, 0.717) is 0 Å². The van der Waals surface area contributed by atoms with Crippen LogP contribution in [0.25, 0.3) is 0 Å². The summed E-state index contributed by atoms with van der Waals surface area (Å²) in [6.07, 6.45) is 3.13. The number of hydrogen-bond donors (Lipinski definition) is 0. The average molecular weight is 251 g/mol. The predicted octanol–water partition coefficient (Wildman–Crippen LogP) is 1.26. The first-order chi connectivity index (χ1) is 8.61. The Bertz CT molecular complexity index is 428. The topological polar surface area (TPSA) is 47.4 Å². The Morgan fingerprint density at radius 1 is 1.56 bits per heavy atom. The first-order valence-corrected chi connectivity index (χ1v) is 6.43. The van der Waals surface area contributed by atoms with E-state index in [-0.39, 0.29) is 12.0 Å². The third-order valence-electron chi connectivity index (χ3n) is 3.55. The van der Waals surface area contributed by atoms with Crippen molar-refractivity contribution >= 4 is 5.97 Å². The van der Waals surface area contributed by atoms with Gasteiger partial charge in [0.15, 0.2) is 0 Å². The summed E-state index contributed by atoms with van der Waals surface area (Å²) in [5.41, 5.74) is 2.16. The summed E-state index contributed by atoms with van der Waals surface area (Å²) in [5, 5.41) is 4.34. The Kier molecular flexibility index (Phi) is 4.01. The van der Waals surface area contributed by atoms with Crippen molar-refractivity contribution in [1.82, 2.24) is 14.7 Å². The van der Waals surface area contributed by atoms with E-state index in [2.05, 4.69) is 16.1 Å². The lowest BCUT2D eigenvalue weighted by atomic mass is 10.0. The minimum Gasteiger partial charge on any atom is -0.468 e. The molecule has 0 amide bonds. The summed E-state index contributed by atoms with van der Waals surface area (Å²) in [6, 6.07) is 1.97. The van der Waals surface area contributed by atoms with Gasteiger partial charge in [-0.15, -0.1) is 0 Å². The fraction of sp³-hybridized carbons (Fsp3) is 0.692. The maximum atomic E-state index is 11.8. The van der Waals surface area contributed by atoms with Crippen LogP contribution in [0.4, 0.5) is 0 Å². The molecule has 1 aliphatic rings. The molecule has 0 spiro atoms. The van der Waals surface area contributed by atoms with Crippen LogP contribution in [-0.2, 0) is 23.1 Å². The Morgan fingerprint density at radius 2 is 2.33 bits per heavy atom. The summed E-state index contributed by atoms with van der Waals surface area (Å²) in [5.74, 6) is -0.117. The minimum atomic E-state index is -0.117. The van der Waals surface area contributed by atoms with Gasteiger partial charge in [-0.2, -0.15) is 5.10 Å². The van der Waals surface area contributed by atoms with E-state index in [1.165, 1.54) is 7.11 Å². The molecule has 1 unspecified atom stereocenters. The molecule has 0 N–H and O–H groups in total. The molecule has 0 bridgehead atoms. The molecule has 2 heterocycles. The van der Waals surface area contributed by atoms with Gasteiger partial charge in [-0.05, 0) is 32.4 Å². The van der Waals surface area contributed by atoms with Gasteiger partial charge in [0.1, 0.15) is 6.04 Å². The molecule has 1 fully saturated rings. The number of piperidine rings is 1. The largest absolute Gasteiger partial charge is 0.468 e. The van der Waals surface area contributed by atoms with Crippen LogP contribution in [0.5, 0.6) is 0 Å². The van der Waals surface area contributed by atoms with Gasteiger partial charge in [-0.25, -0.2) is 0 Å². The van der Waals surface area contributed by atoms with Crippen molar-refractivity contribution < 1.29 is 9.53 Å². The lowest BCUT2D eigenvalue weighted by molar-refractivity contribution is -0.148. The first-order valence-electron chi connectivity index (χ1n) is 6.43. The second-order valence-corrected chi connectivity index (χ2v) is 4.91. The Hall–Kier alpha value is -1.36. The molecule has 0 radical (unpaired) electrons. The van der Waals surface area contributed by atoms with E-state index in [0.717, 1.165) is 43.7 Å². The number of carbonyl (C=O) groups excluding carboxylic acids is 1. The van der Waals surface area contributed by atoms with E-state index in [1.54, 1.807) is 0 Å². The second kappa shape index (κ2) is 5.52. The molecule has 1 aliphatic heterocycles. The zero-order valence-corrected chi connectivity index (χ0v) is 11.3. The van der Waals surface area contributed by atoms with Crippen LogP contribution >= 0.6 is 0 Å². The third-order valence-corrected chi connectivity index (χ3v) is 3.55. The van der Waals surface area contributed by atoms with Crippen molar-refractivity contribution in [2.24, 2.45) is 7.05 Å². The number of rotatable bonds is 3. The van der Waals surface area contributed by atoms with Crippen molar-refractivity contribution in [3.63, 3.8) is 0 Å². The highest BCUT2D eigenvalue weighted by atomic mass is 16.5. The van der Waals surface area contributed by atoms with Crippen molar-refractivity contribution in [2.75, 3.05) is 13.7 Å². The zero-order valence-electron chi connectivity index (χ0n) is 11.3. The van der Waals surface area contributed by atoms with Gasteiger partial charge in [0.25, 0.3) is 0 Å². The Balaban J connectivity index is 2.10. The summed E-state index contributed by atoms with van der Waals surface area (Å²) >= 11 is 0. The molecule has 0 saturated carbocycles. The van der Waals surface area contributed by atoms with Crippen LogP contribution in [0.1, 0.15) is 30.7 Å². The van der Waals surface area contributed by atoms with Crippen LogP contribution in [0.2, 0.25) is 0 Å². The van der Waals surface area contributed by atoms with Gasteiger partial charge in [-0.1, -0.05) is 6.42 Å². The number of aryl methyl sites for hydroxylation is 2. The summed E-state index contributed by atoms with van der Waals surface area (Å²) < 4.78 is 6.78. The fourth-order valence-corrected chi connectivity index (χ4v) is 2.60. The summed E-state index contributed by atoms with van der Waals surface area (Å²) in [4.78, 5) is 14.0. The van der Waals surface area contributed by atoms with Gasteiger partial charge >= 0.3 is 5.97 Å². The van der Waals surface area contributed by atoms with Gasteiger partial charge < -0.3 is 4.74 Å². The Labute approximate surface area is 108 Å². The van der Waals surface area contributed by atoms with Gasteiger partial charge in [0.05, 0.1) is 18.5 Å². The average Bonchev–Trinajstić information content (AvgIpc) is 2.67. The second-order valence-electron chi connectivity index (χ2n) is 4.91. The number of nitrogens with zero attached hydrogens (tertiary/aromatic N) is 3. The summed E-state index contributed by atoms with van der Waals surface area (Å²) in [6.45, 7) is 3.69. The molecule has 0 aliphatic carbocycles. The Morgan fingerprint density at radius 3 is 2.94 bits per heavy atom. The molecular formula is C13H21N3O2. The molecule has 100 valence electrons. The molecule has 5 nitrogen and oxygen atoms in total. The SMILES string of the molecule is COC(=O)C1CCCCN1Cc1cc(C)nn1C. The standard InChI is InChI=1S/C13H21N3O2/c1-10-8-11(15(2)14-10)9-16-7-5-4-6-12(16)13(17)18-3/h8,12H,4-7,9H2,1-3H3. The molecule has 0 aromatic carbocycles. The monoisotopic (exact) mass is 251 g/mol. The molecular weight excluding hydrogens is 230 g/mol. The van der Waals surface area contributed by atoms with E-state index in [4.69, 9.17) is 4.74 Å². The predicted molar refractivity (Wildman–Crippen MR) is 68.0 cm³/mol. The molecule has 18 heavy (non-hydrogen) atoms. The number of hydrogen-bond acceptors (Lipinski definition) is 4. The van der Waals surface area contributed by atoms with Crippen LogP contribution in [-0.4, -0.2) is 40.3 Å². The van der Waals surface area contributed by atoms with Crippen LogP contribution in [0.15, 0.2) is 6.07 Å². The van der Waals surface area contributed by atoms with E-state index in [9.17, 15) is 4.79 Å². The van der Waals surface area contributed by atoms with Gasteiger partial charge in [-0.3, -0.25) is 14.4 Å². The highest BCUT2D eigenvalue weighted by Gasteiger charge is 2.29. The lowest BCUT2D eigenvalue weighted by Gasteiger charge is -2.33. The van der Waals surface area contributed by atoms with Crippen molar-refractivity contribution in [3.8, 4) is 0 Å². The number of esters is 1. The normalized spacial score (nSPS) is 20.9. The van der Waals surface area contributed by atoms with E-state index < -0.39 is 0 Å². The van der Waals surface area contributed by atoms with Crippen molar-refractivity contribution in [3.05, 3.63) is 17.5 Å². The molecule has 1 aromatic rings. The number of carbonyl (C=O) groups is 1. The first kappa shape index (κ1) is 13.1. The van der Waals surface area contributed by atoms with Crippen molar-refractivity contribution in [2.45, 2.75) is 38.8 Å². The van der Waals surface area contributed by atoms with E-state index in [1.807, 2.05) is 18.7 Å². The lowest BCUT2D eigenvalue weighted by Crippen LogP contribution is -2.44.